The number of anilines is 1. The first-order valence-electron chi connectivity index (χ1n) is 13.5. The lowest BCUT2D eigenvalue weighted by Crippen LogP contribution is -2.44. The molecule has 1 aromatic heterocycles. The maximum absolute atomic E-state index is 14.0. The van der Waals surface area contributed by atoms with Gasteiger partial charge >= 0.3 is 6.03 Å². The summed E-state index contributed by atoms with van der Waals surface area (Å²) in [4.78, 5) is 46.9. The van der Waals surface area contributed by atoms with Gasteiger partial charge in [0.1, 0.15) is 12.1 Å². The van der Waals surface area contributed by atoms with Gasteiger partial charge in [-0.25, -0.2) is 9.69 Å². The van der Waals surface area contributed by atoms with Crippen LogP contribution in [0, 0.1) is 12.8 Å². The molecule has 3 aromatic carbocycles. The number of aryl methyl sites for hydroxylation is 1. The van der Waals surface area contributed by atoms with E-state index in [1.54, 1.807) is 29.2 Å². The minimum absolute atomic E-state index is 0.163. The predicted molar refractivity (Wildman–Crippen MR) is 152 cm³/mol. The van der Waals surface area contributed by atoms with Crippen molar-refractivity contribution in [2.75, 3.05) is 11.4 Å². The van der Waals surface area contributed by atoms with Gasteiger partial charge in [-0.1, -0.05) is 61.9 Å². The summed E-state index contributed by atoms with van der Waals surface area (Å²) in [6.07, 6.45) is 1.34. The van der Waals surface area contributed by atoms with E-state index in [2.05, 4.69) is 30.2 Å². The van der Waals surface area contributed by atoms with Crippen molar-refractivity contribution >= 4 is 34.4 Å². The Bertz CT molecular complexity index is 1570. The fourth-order valence-electron chi connectivity index (χ4n) is 5.75. The molecule has 198 valence electrons. The maximum Gasteiger partial charge on any atom is 0.332 e. The van der Waals surface area contributed by atoms with E-state index in [4.69, 9.17) is 0 Å². The molecule has 0 bridgehead atoms. The topological polar surface area (TPSA) is 85.5 Å². The molecular formula is C32H32N4O3. The van der Waals surface area contributed by atoms with E-state index in [1.165, 1.54) is 4.90 Å². The van der Waals surface area contributed by atoms with Crippen LogP contribution in [0.15, 0.2) is 72.8 Å². The Morgan fingerprint density at radius 3 is 2.44 bits per heavy atom. The summed E-state index contributed by atoms with van der Waals surface area (Å²) >= 11 is 0. The van der Waals surface area contributed by atoms with Gasteiger partial charge in [0.2, 0.25) is 0 Å². The molecule has 1 unspecified atom stereocenters. The first-order chi connectivity index (χ1) is 18.8. The van der Waals surface area contributed by atoms with E-state index < -0.39 is 12.1 Å². The number of hydrogen-bond acceptors (Lipinski definition) is 3. The quantitative estimate of drug-likeness (QED) is 0.318. The normalized spacial score (nSPS) is 18.6. The zero-order valence-electron chi connectivity index (χ0n) is 22.4. The van der Waals surface area contributed by atoms with Gasteiger partial charge in [-0.05, 0) is 60.7 Å². The van der Waals surface area contributed by atoms with Crippen LogP contribution in [-0.4, -0.2) is 40.3 Å². The van der Waals surface area contributed by atoms with Crippen LogP contribution < -0.4 is 10.2 Å². The second-order valence-electron chi connectivity index (χ2n) is 10.9. The Morgan fingerprint density at radius 2 is 1.72 bits per heavy atom. The lowest BCUT2D eigenvalue weighted by atomic mass is 9.88. The van der Waals surface area contributed by atoms with E-state index in [0.717, 1.165) is 39.7 Å². The Hall–Kier alpha value is -4.39. The van der Waals surface area contributed by atoms with Crippen molar-refractivity contribution in [3.63, 3.8) is 0 Å². The minimum atomic E-state index is -0.616. The van der Waals surface area contributed by atoms with Crippen molar-refractivity contribution in [3.05, 3.63) is 101 Å². The second kappa shape index (κ2) is 9.73. The monoisotopic (exact) mass is 520 g/mol. The van der Waals surface area contributed by atoms with Crippen LogP contribution in [0.3, 0.4) is 0 Å². The van der Waals surface area contributed by atoms with Crippen LogP contribution in [0.1, 0.15) is 59.1 Å². The van der Waals surface area contributed by atoms with Crippen molar-refractivity contribution in [1.82, 2.24) is 15.2 Å². The molecule has 4 amide bonds. The van der Waals surface area contributed by atoms with E-state index in [0.29, 0.717) is 30.1 Å². The Morgan fingerprint density at radius 1 is 1.00 bits per heavy atom. The molecule has 3 heterocycles. The number of para-hydroxylation sites is 1. The van der Waals surface area contributed by atoms with Gasteiger partial charge in [-0.2, -0.15) is 0 Å². The summed E-state index contributed by atoms with van der Waals surface area (Å²) in [5.41, 5.74) is 6.07. The van der Waals surface area contributed by atoms with Gasteiger partial charge in [0.05, 0.1) is 5.69 Å². The van der Waals surface area contributed by atoms with E-state index in [-0.39, 0.29) is 17.8 Å². The van der Waals surface area contributed by atoms with Gasteiger partial charge < -0.3 is 10.3 Å². The number of urea groups is 1. The summed E-state index contributed by atoms with van der Waals surface area (Å²) in [6.45, 7) is 6.86. The second-order valence-corrected chi connectivity index (χ2v) is 10.9. The third-order valence-corrected chi connectivity index (χ3v) is 7.84. The minimum Gasteiger partial charge on any atom is -0.356 e. The van der Waals surface area contributed by atoms with Crippen LogP contribution in [-0.2, 0) is 11.2 Å². The van der Waals surface area contributed by atoms with Crippen molar-refractivity contribution < 1.29 is 14.4 Å². The average Bonchev–Trinajstić information content (AvgIpc) is 3.42. The molecule has 2 aliphatic rings. The molecule has 2 atom stereocenters. The summed E-state index contributed by atoms with van der Waals surface area (Å²) < 4.78 is 0. The molecule has 39 heavy (non-hydrogen) atoms. The number of aromatic nitrogens is 1. The molecule has 7 nitrogen and oxygen atoms in total. The van der Waals surface area contributed by atoms with Crippen LogP contribution in [0.2, 0.25) is 0 Å². The fraction of sp³-hybridized carbons (Fsp3) is 0.281. The number of H-pyrrole nitrogens is 1. The molecule has 0 radical (unpaired) electrons. The number of fused-ring (bicyclic) bond motifs is 4. The number of carbonyl (C=O) groups excluding carboxylic acids is 3. The summed E-state index contributed by atoms with van der Waals surface area (Å²) in [5, 5.41) is 4.01. The summed E-state index contributed by atoms with van der Waals surface area (Å²) in [5.74, 6) is 0.0901. The van der Waals surface area contributed by atoms with Gasteiger partial charge in [-0.3, -0.25) is 14.5 Å². The van der Waals surface area contributed by atoms with E-state index in [9.17, 15) is 14.4 Å². The molecule has 2 N–H and O–H groups in total. The number of imide groups is 1. The van der Waals surface area contributed by atoms with Crippen molar-refractivity contribution in [2.24, 2.45) is 5.92 Å². The molecule has 0 spiro atoms. The third kappa shape index (κ3) is 4.28. The number of carbonyl (C=O) groups is 3. The highest BCUT2D eigenvalue weighted by Gasteiger charge is 2.53. The maximum atomic E-state index is 14.0. The molecule has 7 heteroatoms. The van der Waals surface area contributed by atoms with Crippen molar-refractivity contribution in [2.45, 2.75) is 45.7 Å². The molecule has 6 rings (SSSR count). The van der Waals surface area contributed by atoms with Gasteiger partial charge in [-0.15, -0.1) is 0 Å². The van der Waals surface area contributed by atoms with Gasteiger partial charge in [0.15, 0.2) is 0 Å². The lowest BCUT2D eigenvalue weighted by molar-refractivity contribution is -0.120. The molecule has 1 saturated heterocycles. The smallest absolute Gasteiger partial charge is 0.332 e. The largest absolute Gasteiger partial charge is 0.356 e. The molecule has 1 fully saturated rings. The van der Waals surface area contributed by atoms with E-state index in [1.807, 2.05) is 49.4 Å². The fourth-order valence-corrected chi connectivity index (χ4v) is 5.75. The van der Waals surface area contributed by atoms with Crippen LogP contribution in [0.5, 0.6) is 0 Å². The van der Waals surface area contributed by atoms with Gasteiger partial charge in [0, 0.05) is 35.1 Å². The number of nitrogens with zero attached hydrogens (tertiary/aromatic N) is 2. The number of rotatable bonds is 6. The van der Waals surface area contributed by atoms with Gasteiger partial charge in [0.25, 0.3) is 11.8 Å². The zero-order chi connectivity index (χ0) is 27.3. The molecule has 0 saturated carbocycles. The molecule has 0 aliphatic carbocycles. The third-order valence-electron chi connectivity index (χ3n) is 7.84. The first kappa shape index (κ1) is 24.9. The highest BCUT2D eigenvalue weighted by atomic mass is 16.2. The standard InChI is InChI=1S/C32H32N4O3/c1-19(2)16-17-33-30(37)22-12-14-23(15-13-22)35-31(38)27-18-25-24-6-4-5-7-26(24)34-28(25)29(36(27)32(35)39)21-10-8-20(3)9-11-21/h4-15,19,27,29,34H,16-18H2,1-3H3,(H,33,37)/t27-,29?/m0/s1. The highest BCUT2D eigenvalue weighted by molar-refractivity contribution is 6.22. The number of benzene rings is 3. The van der Waals surface area contributed by atoms with Crippen molar-refractivity contribution in [3.8, 4) is 0 Å². The SMILES string of the molecule is Cc1ccc(C2c3[nH]c4ccccc4c3C[C@H]3C(=O)N(c4ccc(C(=O)NCCC(C)C)cc4)C(=O)N23)cc1. The Labute approximate surface area is 227 Å². The van der Waals surface area contributed by atoms with Crippen LogP contribution in [0.4, 0.5) is 10.5 Å². The number of hydrogen-bond donors (Lipinski definition) is 2. The lowest BCUT2D eigenvalue weighted by Gasteiger charge is -2.36. The average molecular weight is 521 g/mol. The molecule has 4 aromatic rings. The summed E-state index contributed by atoms with van der Waals surface area (Å²) in [6, 6.07) is 21.5. The Kier molecular flexibility index (Phi) is 6.22. The molecule has 2 aliphatic heterocycles. The van der Waals surface area contributed by atoms with Crippen molar-refractivity contribution in [1.29, 1.82) is 0 Å². The number of aromatic amines is 1. The first-order valence-corrected chi connectivity index (χ1v) is 13.5. The van der Waals surface area contributed by atoms with Crippen LogP contribution >= 0.6 is 0 Å². The Balaban J connectivity index is 1.35. The molecular weight excluding hydrogens is 488 g/mol. The zero-order valence-corrected chi connectivity index (χ0v) is 22.4. The van der Waals surface area contributed by atoms with Crippen LogP contribution in [0.25, 0.3) is 10.9 Å². The predicted octanol–water partition coefficient (Wildman–Crippen LogP) is 5.74. The number of nitrogens with one attached hydrogen (secondary N) is 2. The summed E-state index contributed by atoms with van der Waals surface area (Å²) in [7, 11) is 0. The highest BCUT2D eigenvalue weighted by Crippen LogP contribution is 2.44. The van der Waals surface area contributed by atoms with E-state index >= 15 is 0 Å². The number of amides is 4.